The van der Waals surface area contributed by atoms with E-state index in [2.05, 4.69) is 5.32 Å². The predicted molar refractivity (Wildman–Crippen MR) is 71.1 cm³/mol. The quantitative estimate of drug-likeness (QED) is 0.810. The van der Waals surface area contributed by atoms with Crippen molar-refractivity contribution in [2.75, 3.05) is 39.5 Å². The van der Waals surface area contributed by atoms with Crippen molar-refractivity contribution < 1.29 is 14.3 Å². The van der Waals surface area contributed by atoms with E-state index in [0.29, 0.717) is 19.8 Å². The second-order valence-electron chi connectivity index (χ2n) is 4.59. The van der Waals surface area contributed by atoms with Gasteiger partial charge >= 0.3 is 0 Å². The van der Waals surface area contributed by atoms with Crippen molar-refractivity contribution in [3.63, 3.8) is 0 Å². The van der Waals surface area contributed by atoms with E-state index in [4.69, 9.17) is 9.47 Å². The Bertz CT molecular complexity index is 254. The molecule has 0 radical (unpaired) electrons. The lowest BCUT2D eigenvalue weighted by Crippen LogP contribution is -2.53. The van der Waals surface area contributed by atoms with Crippen LogP contribution in [0, 0.1) is 0 Å². The fraction of sp³-hybridized carbons (Fsp3) is 0.917. The summed E-state index contributed by atoms with van der Waals surface area (Å²) < 4.78 is 10.9. The molecule has 0 bridgehead atoms. The highest BCUT2D eigenvalue weighted by Gasteiger charge is 2.28. The average molecular weight is 279 g/mol. The van der Waals surface area contributed by atoms with Crippen LogP contribution in [-0.4, -0.2) is 62.4 Å². The Hall–Kier alpha value is -0.360. The molecule has 0 saturated carbocycles. The first-order chi connectivity index (χ1) is 8.31. The summed E-state index contributed by atoms with van der Waals surface area (Å²) in [5.74, 6) is 0.141. The van der Waals surface area contributed by atoms with E-state index in [0.717, 1.165) is 32.5 Å². The molecule has 106 valence electrons. The summed E-state index contributed by atoms with van der Waals surface area (Å²) in [5.41, 5.74) is 0. The van der Waals surface area contributed by atoms with Gasteiger partial charge in [0.1, 0.15) is 6.04 Å². The molecule has 0 aromatic rings. The molecule has 5 nitrogen and oxygen atoms in total. The minimum atomic E-state index is -0.176. The monoisotopic (exact) mass is 278 g/mol. The van der Waals surface area contributed by atoms with Crippen LogP contribution in [0.15, 0.2) is 0 Å². The number of carbonyl (C=O) groups excluding carboxylic acids is 1. The zero-order valence-corrected chi connectivity index (χ0v) is 11.7. The molecule has 0 spiro atoms. The van der Waals surface area contributed by atoms with E-state index >= 15 is 0 Å². The van der Waals surface area contributed by atoms with Crippen LogP contribution in [0.3, 0.4) is 0 Å². The summed E-state index contributed by atoms with van der Waals surface area (Å²) in [6.45, 7) is 6.23. The molecule has 2 aliphatic heterocycles. The number of halogens is 1. The summed E-state index contributed by atoms with van der Waals surface area (Å²) in [5, 5.41) is 3.20. The van der Waals surface area contributed by atoms with Gasteiger partial charge in [0.05, 0.1) is 19.3 Å². The standard InChI is InChI=1S/C12H22N2O3.ClH/c1-2-14(8-10-4-3-6-17-10)12(15)11-9-16-7-5-13-11;/h10-11,13H,2-9H2,1H3;1H. The number of likely N-dealkylation sites (N-methyl/N-ethyl adjacent to an activating group) is 1. The summed E-state index contributed by atoms with van der Waals surface area (Å²) >= 11 is 0. The van der Waals surface area contributed by atoms with E-state index in [9.17, 15) is 4.79 Å². The average Bonchev–Trinajstić information content (AvgIpc) is 2.89. The van der Waals surface area contributed by atoms with Gasteiger partial charge in [0.2, 0.25) is 5.91 Å². The molecular weight excluding hydrogens is 256 g/mol. The van der Waals surface area contributed by atoms with Gasteiger partial charge in [-0.3, -0.25) is 4.79 Å². The first-order valence-corrected chi connectivity index (χ1v) is 6.52. The van der Waals surface area contributed by atoms with Crippen LogP contribution in [-0.2, 0) is 14.3 Å². The van der Waals surface area contributed by atoms with Crippen LogP contribution < -0.4 is 5.32 Å². The molecule has 0 aliphatic carbocycles. The Morgan fingerprint density at radius 1 is 1.44 bits per heavy atom. The van der Waals surface area contributed by atoms with Crippen molar-refractivity contribution in [3.05, 3.63) is 0 Å². The minimum absolute atomic E-state index is 0. The number of nitrogens with one attached hydrogen (secondary N) is 1. The largest absolute Gasteiger partial charge is 0.378 e. The molecule has 18 heavy (non-hydrogen) atoms. The lowest BCUT2D eigenvalue weighted by Gasteiger charge is -2.30. The third-order valence-electron chi connectivity index (χ3n) is 3.36. The van der Waals surface area contributed by atoms with Gasteiger partial charge < -0.3 is 19.7 Å². The number of hydrogen-bond acceptors (Lipinski definition) is 4. The van der Waals surface area contributed by atoms with Gasteiger partial charge in [0.25, 0.3) is 0 Å². The normalized spacial score (nSPS) is 27.6. The maximum absolute atomic E-state index is 12.2. The zero-order chi connectivity index (χ0) is 12.1. The van der Waals surface area contributed by atoms with Crippen LogP contribution in [0.5, 0.6) is 0 Å². The number of hydrogen-bond donors (Lipinski definition) is 1. The topological polar surface area (TPSA) is 50.8 Å². The number of morpholine rings is 1. The molecule has 6 heteroatoms. The van der Waals surface area contributed by atoms with Crippen molar-refractivity contribution in [1.82, 2.24) is 10.2 Å². The van der Waals surface area contributed by atoms with Crippen LogP contribution in [0.1, 0.15) is 19.8 Å². The molecule has 1 N–H and O–H groups in total. The van der Waals surface area contributed by atoms with Gasteiger partial charge in [-0.1, -0.05) is 0 Å². The van der Waals surface area contributed by atoms with Gasteiger partial charge in [-0.05, 0) is 19.8 Å². The summed E-state index contributed by atoms with van der Waals surface area (Å²) in [7, 11) is 0. The van der Waals surface area contributed by atoms with Crippen LogP contribution >= 0.6 is 12.4 Å². The minimum Gasteiger partial charge on any atom is -0.378 e. The third-order valence-corrected chi connectivity index (χ3v) is 3.36. The smallest absolute Gasteiger partial charge is 0.242 e. The van der Waals surface area contributed by atoms with E-state index in [1.54, 1.807) is 0 Å². The highest BCUT2D eigenvalue weighted by Crippen LogP contribution is 2.14. The third kappa shape index (κ3) is 4.09. The second-order valence-corrected chi connectivity index (χ2v) is 4.59. The van der Waals surface area contributed by atoms with Crippen LogP contribution in [0.25, 0.3) is 0 Å². The lowest BCUT2D eigenvalue weighted by atomic mass is 10.2. The van der Waals surface area contributed by atoms with Gasteiger partial charge in [-0.25, -0.2) is 0 Å². The maximum Gasteiger partial charge on any atom is 0.242 e. The molecule has 0 aromatic carbocycles. The summed E-state index contributed by atoms with van der Waals surface area (Å²) in [4.78, 5) is 14.1. The van der Waals surface area contributed by atoms with Crippen LogP contribution in [0.4, 0.5) is 0 Å². The fourth-order valence-electron chi connectivity index (χ4n) is 2.35. The molecule has 2 fully saturated rings. The van der Waals surface area contributed by atoms with Crippen molar-refractivity contribution >= 4 is 18.3 Å². The van der Waals surface area contributed by atoms with Gasteiger partial charge in [-0.15, -0.1) is 12.4 Å². The van der Waals surface area contributed by atoms with E-state index in [1.807, 2.05) is 11.8 Å². The highest BCUT2D eigenvalue weighted by molar-refractivity contribution is 5.85. The molecule has 2 atom stereocenters. The Kier molecular flexibility index (Phi) is 6.92. The second kappa shape index (κ2) is 7.94. The van der Waals surface area contributed by atoms with Crippen molar-refractivity contribution in [1.29, 1.82) is 0 Å². The molecule has 2 saturated heterocycles. The van der Waals surface area contributed by atoms with E-state index < -0.39 is 0 Å². The number of rotatable bonds is 4. The molecule has 2 unspecified atom stereocenters. The van der Waals surface area contributed by atoms with Crippen molar-refractivity contribution in [2.24, 2.45) is 0 Å². The Balaban J connectivity index is 0.00000162. The molecule has 0 aromatic heterocycles. The molecule has 2 aliphatic rings. The van der Waals surface area contributed by atoms with Crippen molar-refractivity contribution in [3.8, 4) is 0 Å². The molecule has 2 heterocycles. The summed E-state index contributed by atoms with van der Waals surface area (Å²) in [6, 6.07) is -0.176. The fourth-order valence-corrected chi connectivity index (χ4v) is 2.35. The van der Waals surface area contributed by atoms with Crippen LogP contribution in [0.2, 0.25) is 0 Å². The molecule has 2 rings (SSSR count). The van der Waals surface area contributed by atoms with Gasteiger partial charge in [-0.2, -0.15) is 0 Å². The maximum atomic E-state index is 12.2. The van der Waals surface area contributed by atoms with Crippen molar-refractivity contribution in [2.45, 2.75) is 31.9 Å². The first-order valence-electron chi connectivity index (χ1n) is 6.52. The zero-order valence-electron chi connectivity index (χ0n) is 10.9. The summed E-state index contributed by atoms with van der Waals surface area (Å²) in [6.07, 6.45) is 2.41. The van der Waals surface area contributed by atoms with E-state index in [-0.39, 0.29) is 30.5 Å². The number of carbonyl (C=O) groups is 1. The lowest BCUT2D eigenvalue weighted by molar-refractivity contribution is -0.137. The Morgan fingerprint density at radius 3 is 2.83 bits per heavy atom. The predicted octanol–water partition coefficient (Wildman–Crippen LogP) is 0.424. The number of ether oxygens (including phenoxy) is 2. The SMILES string of the molecule is CCN(CC1CCCO1)C(=O)C1COCCN1.Cl. The number of amides is 1. The number of nitrogens with zero attached hydrogens (tertiary/aromatic N) is 1. The highest BCUT2D eigenvalue weighted by atomic mass is 35.5. The van der Waals surface area contributed by atoms with Gasteiger partial charge in [0, 0.05) is 26.2 Å². The molecule has 1 amide bonds. The van der Waals surface area contributed by atoms with Gasteiger partial charge in [0.15, 0.2) is 0 Å². The Morgan fingerprint density at radius 2 is 2.28 bits per heavy atom. The van der Waals surface area contributed by atoms with E-state index in [1.165, 1.54) is 0 Å². The Labute approximate surface area is 115 Å². The first kappa shape index (κ1) is 15.7. The molecular formula is C12H23ClN2O3.